The Morgan fingerprint density at radius 2 is 1.02 bits per heavy atom. The molecule has 0 aliphatic carbocycles. The van der Waals surface area contributed by atoms with E-state index in [9.17, 15) is 0 Å². The van der Waals surface area contributed by atoms with Gasteiger partial charge in [-0.15, -0.1) is 0 Å². The average Bonchev–Trinajstić information content (AvgIpc) is 3.43. The molecule has 1 nitrogen and oxygen atoms in total. The molecule has 0 radical (unpaired) electrons. The number of nitrogens with zero attached hydrogens (tertiary/aromatic N) is 1. The number of hydrogen-bond donors (Lipinski definition) is 0. The second kappa shape index (κ2) is 11.5. The molecule has 0 unspecified atom stereocenters. The first-order valence-corrected chi connectivity index (χ1v) is 17.3. The summed E-state index contributed by atoms with van der Waals surface area (Å²) in [7, 11) is 0. The minimum absolute atomic E-state index is 0.214. The third-order valence-corrected chi connectivity index (χ3v) is 10.4. The molecule has 0 fully saturated rings. The molecule has 2 heterocycles. The highest BCUT2D eigenvalue weighted by Crippen LogP contribution is 2.44. The van der Waals surface area contributed by atoms with Gasteiger partial charge in [-0.25, -0.2) is 0 Å². The third kappa shape index (κ3) is 4.94. The van der Waals surface area contributed by atoms with Crippen LogP contribution in [0.5, 0.6) is 0 Å². The van der Waals surface area contributed by atoms with E-state index >= 15 is 0 Å². The predicted molar refractivity (Wildman–Crippen MR) is 204 cm³/mol. The van der Waals surface area contributed by atoms with Crippen molar-refractivity contribution < 1.29 is 0 Å². The summed E-state index contributed by atoms with van der Waals surface area (Å²) in [5, 5.41) is 0. The Labute approximate surface area is 281 Å². The lowest BCUT2D eigenvalue weighted by Gasteiger charge is -2.37. The molecule has 230 valence electrons. The number of rotatable bonds is 6. The van der Waals surface area contributed by atoms with Crippen molar-refractivity contribution in [3.05, 3.63) is 144 Å². The second-order valence-electron chi connectivity index (χ2n) is 14.4. The zero-order valence-electron chi connectivity index (χ0n) is 28.4. The summed E-state index contributed by atoms with van der Waals surface area (Å²) >= 11 is 0. The molecule has 2 aliphatic rings. The van der Waals surface area contributed by atoms with Gasteiger partial charge in [0.05, 0.1) is 0 Å². The Bertz CT molecular complexity index is 2120. The van der Waals surface area contributed by atoms with Crippen molar-refractivity contribution in [2.24, 2.45) is 0 Å². The van der Waals surface area contributed by atoms with E-state index in [0.717, 1.165) is 0 Å². The van der Waals surface area contributed by atoms with Crippen LogP contribution in [0.2, 0.25) is 0 Å². The molecule has 47 heavy (non-hydrogen) atoms. The quantitative estimate of drug-likeness (QED) is 0.170. The fraction of sp³-hybridized carbons (Fsp3) is 0.200. The summed E-state index contributed by atoms with van der Waals surface area (Å²) in [6, 6.07) is 48.4. The summed E-state index contributed by atoms with van der Waals surface area (Å²) in [6.07, 6.45) is 0. The molecule has 2 heteroatoms. The summed E-state index contributed by atoms with van der Waals surface area (Å²) < 4.78 is 0. The Balaban J connectivity index is 1.40. The summed E-state index contributed by atoms with van der Waals surface area (Å²) in [6.45, 7) is 14.0. The molecule has 0 aromatic heterocycles. The van der Waals surface area contributed by atoms with Gasteiger partial charge in [0.15, 0.2) is 0 Å². The zero-order chi connectivity index (χ0) is 32.4. The van der Waals surface area contributed by atoms with E-state index < -0.39 is 0 Å². The molecule has 2 aliphatic heterocycles. The van der Waals surface area contributed by atoms with Crippen LogP contribution in [-0.4, -0.2) is 6.71 Å². The molecular formula is C45H42BN. The maximum absolute atomic E-state index is 2.57. The lowest BCUT2D eigenvalue weighted by molar-refractivity contribution is 0.865. The van der Waals surface area contributed by atoms with Gasteiger partial charge in [-0.2, -0.15) is 0 Å². The van der Waals surface area contributed by atoms with Crippen LogP contribution in [0.4, 0.5) is 17.1 Å². The first-order chi connectivity index (χ1) is 22.8. The van der Waals surface area contributed by atoms with Crippen LogP contribution >= 0.6 is 0 Å². The van der Waals surface area contributed by atoms with Gasteiger partial charge in [0.25, 0.3) is 0 Å². The smallest absolute Gasteiger partial charge is 0.248 e. The molecule has 0 atom stereocenters. The summed E-state index contributed by atoms with van der Waals surface area (Å²) in [4.78, 5) is 2.57. The van der Waals surface area contributed by atoms with E-state index in [1.165, 1.54) is 83.5 Å². The van der Waals surface area contributed by atoms with Crippen LogP contribution in [0, 0.1) is 0 Å². The van der Waals surface area contributed by atoms with E-state index in [2.05, 4.69) is 174 Å². The van der Waals surface area contributed by atoms with Gasteiger partial charge in [-0.3, -0.25) is 0 Å². The van der Waals surface area contributed by atoms with Gasteiger partial charge < -0.3 is 4.90 Å². The fourth-order valence-corrected chi connectivity index (χ4v) is 7.69. The fourth-order valence-electron chi connectivity index (χ4n) is 7.69. The van der Waals surface area contributed by atoms with Crippen LogP contribution in [-0.2, 0) is 0 Å². The number of fused-ring (bicyclic) bond motifs is 5. The molecule has 6 aromatic rings. The largest absolute Gasteiger partial charge is 0.311 e. The topological polar surface area (TPSA) is 3.24 Å². The number of anilines is 3. The summed E-state index contributed by atoms with van der Waals surface area (Å²) in [5.41, 5.74) is 20.0. The van der Waals surface area contributed by atoms with Crippen molar-refractivity contribution in [2.75, 3.05) is 4.90 Å². The average molecular weight is 608 g/mol. The normalized spacial score (nSPS) is 13.0. The Kier molecular flexibility index (Phi) is 7.21. The molecule has 6 aromatic carbocycles. The van der Waals surface area contributed by atoms with E-state index in [0.29, 0.717) is 17.8 Å². The van der Waals surface area contributed by atoms with Crippen molar-refractivity contribution in [2.45, 2.75) is 59.3 Å². The Morgan fingerprint density at radius 3 is 1.70 bits per heavy atom. The van der Waals surface area contributed by atoms with Crippen molar-refractivity contribution in [1.29, 1.82) is 0 Å². The van der Waals surface area contributed by atoms with Crippen molar-refractivity contribution in [1.82, 2.24) is 0 Å². The van der Waals surface area contributed by atoms with Crippen LogP contribution in [0.15, 0.2) is 127 Å². The van der Waals surface area contributed by atoms with Crippen molar-refractivity contribution >= 4 is 40.2 Å². The van der Waals surface area contributed by atoms with E-state index in [1.54, 1.807) is 0 Å². The highest BCUT2D eigenvalue weighted by atomic mass is 15.2. The van der Waals surface area contributed by atoms with Gasteiger partial charge in [-0.05, 0) is 109 Å². The third-order valence-electron chi connectivity index (χ3n) is 10.4. The van der Waals surface area contributed by atoms with E-state index in [1.807, 2.05) is 0 Å². The van der Waals surface area contributed by atoms with Gasteiger partial charge in [0, 0.05) is 17.1 Å². The maximum atomic E-state index is 2.57. The monoisotopic (exact) mass is 607 g/mol. The first kappa shape index (κ1) is 29.6. The van der Waals surface area contributed by atoms with Crippen LogP contribution in [0.3, 0.4) is 0 Å². The van der Waals surface area contributed by atoms with Gasteiger partial charge in [-0.1, -0.05) is 144 Å². The molecule has 0 bridgehead atoms. The molecule has 0 saturated carbocycles. The van der Waals surface area contributed by atoms with Crippen molar-refractivity contribution in [3.63, 3.8) is 0 Å². The van der Waals surface area contributed by atoms with Gasteiger partial charge >= 0.3 is 0 Å². The Morgan fingerprint density at radius 1 is 0.426 bits per heavy atom. The maximum Gasteiger partial charge on any atom is 0.248 e. The van der Waals surface area contributed by atoms with E-state index in [-0.39, 0.29) is 6.71 Å². The molecule has 0 spiro atoms. The Hall–Kier alpha value is -4.82. The predicted octanol–water partition coefficient (Wildman–Crippen LogP) is 10.7. The highest BCUT2D eigenvalue weighted by Gasteiger charge is 2.43. The number of benzene rings is 6. The van der Waals surface area contributed by atoms with Gasteiger partial charge in [0.1, 0.15) is 0 Å². The minimum Gasteiger partial charge on any atom is -0.311 e. The zero-order valence-corrected chi connectivity index (χ0v) is 28.4. The van der Waals surface area contributed by atoms with Gasteiger partial charge in [0.2, 0.25) is 6.71 Å². The summed E-state index contributed by atoms with van der Waals surface area (Å²) in [5.74, 6) is 1.37. The molecular weight excluding hydrogens is 565 g/mol. The second-order valence-corrected chi connectivity index (χ2v) is 14.4. The van der Waals surface area contributed by atoms with Crippen LogP contribution < -0.4 is 21.3 Å². The number of hydrogen-bond acceptors (Lipinski definition) is 1. The standard InChI is InChI=1S/C45H42BN/c1-28(2)34-13-10-14-38(23-34)47-43-26-36(30(5)6)20-22-42(43)46-41-21-19-35(29(3)4)24-39(41)40-25-37(27-44(47)45(40)46)33-17-15-32(16-18-33)31-11-8-7-9-12-31/h7-30H,1-6H3. The van der Waals surface area contributed by atoms with E-state index in [4.69, 9.17) is 0 Å². The van der Waals surface area contributed by atoms with Crippen LogP contribution in [0.25, 0.3) is 33.4 Å². The lowest BCUT2D eigenvalue weighted by Crippen LogP contribution is -2.54. The SMILES string of the molecule is CC(C)c1cccc(N2c3cc(C(C)C)ccc3B3c4ccc(C(C)C)cc4-c4cc(-c5ccc(-c6ccccc6)cc5)cc2c43)c1. The molecule has 0 amide bonds. The first-order valence-electron chi connectivity index (χ1n) is 17.3. The minimum atomic E-state index is 0.214. The van der Waals surface area contributed by atoms with Crippen LogP contribution in [0.1, 0.15) is 76.0 Å². The lowest BCUT2D eigenvalue weighted by atomic mass is 9.37. The highest BCUT2D eigenvalue weighted by molar-refractivity contribution is 7.01. The molecule has 8 rings (SSSR count). The van der Waals surface area contributed by atoms with Crippen molar-refractivity contribution in [3.8, 4) is 33.4 Å². The molecule has 0 N–H and O–H groups in total. The molecule has 0 saturated heterocycles.